The molecule has 0 aliphatic rings. The summed E-state index contributed by atoms with van der Waals surface area (Å²) in [6.07, 6.45) is 3.86. The van der Waals surface area contributed by atoms with E-state index in [1.54, 1.807) is 0 Å². The smallest absolute Gasteiger partial charge is 0.0951 e. The fraction of sp³-hybridized carbons (Fsp3) is 0.786. The van der Waals surface area contributed by atoms with E-state index in [0.717, 1.165) is 13.1 Å². The first-order valence-corrected chi connectivity index (χ1v) is 6.53. The SMILES string of the molecule is CC(C)n1cncc1CNCC(C)C(C)(C)C. The zero-order chi connectivity index (χ0) is 13.1. The molecule has 1 aromatic rings. The molecule has 3 nitrogen and oxygen atoms in total. The molecule has 0 aliphatic heterocycles. The van der Waals surface area contributed by atoms with Crippen LogP contribution in [0.2, 0.25) is 0 Å². The van der Waals surface area contributed by atoms with E-state index in [0.29, 0.717) is 17.4 Å². The highest BCUT2D eigenvalue weighted by atomic mass is 15.1. The van der Waals surface area contributed by atoms with E-state index in [1.807, 2.05) is 12.5 Å². The molecule has 1 N–H and O–H groups in total. The predicted octanol–water partition coefficient (Wildman–Crippen LogP) is 3.24. The first-order chi connectivity index (χ1) is 7.82. The average Bonchev–Trinajstić information content (AvgIpc) is 2.64. The normalized spacial score (nSPS) is 14.3. The lowest BCUT2D eigenvalue weighted by atomic mass is 9.82. The van der Waals surface area contributed by atoms with Crippen molar-refractivity contribution in [2.24, 2.45) is 11.3 Å². The number of hydrogen-bond donors (Lipinski definition) is 1. The molecule has 1 aromatic heterocycles. The van der Waals surface area contributed by atoms with Gasteiger partial charge in [0.2, 0.25) is 0 Å². The zero-order valence-corrected chi connectivity index (χ0v) is 12.1. The minimum Gasteiger partial charge on any atom is -0.331 e. The van der Waals surface area contributed by atoms with Crippen LogP contribution in [-0.4, -0.2) is 16.1 Å². The molecule has 0 bridgehead atoms. The van der Waals surface area contributed by atoms with Gasteiger partial charge < -0.3 is 9.88 Å². The van der Waals surface area contributed by atoms with Crippen LogP contribution in [0.25, 0.3) is 0 Å². The van der Waals surface area contributed by atoms with E-state index in [4.69, 9.17) is 0 Å². The number of imidazole rings is 1. The van der Waals surface area contributed by atoms with E-state index in [-0.39, 0.29) is 0 Å². The zero-order valence-electron chi connectivity index (χ0n) is 12.1. The maximum atomic E-state index is 4.21. The average molecular weight is 237 g/mol. The standard InChI is InChI=1S/C14H27N3/c1-11(2)17-10-16-9-13(17)8-15-7-12(3)14(4,5)6/h9-12,15H,7-8H2,1-6H3. The Morgan fingerprint density at radius 2 is 1.94 bits per heavy atom. The summed E-state index contributed by atoms with van der Waals surface area (Å²) in [5.41, 5.74) is 1.63. The molecule has 17 heavy (non-hydrogen) atoms. The van der Waals surface area contributed by atoms with Gasteiger partial charge in [0.05, 0.1) is 12.0 Å². The Hall–Kier alpha value is -0.830. The van der Waals surface area contributed by atoms with Gasteiger partial charge in [-0.2, -0.15) is 0 Å². The van der Waals surface area contributed by atoms with Crippen LogP contribution in [0.15, 0.2) is 12.5 Å². The summed E-state index contributed by atoms with van der Waals surface area (Å²) in [5.74, 6) is 0.665. The number of nitrogens with one attached hydrogen (secondary N) is 1. The molecule has 98 valence electrons. The van der Waals surface area contributed by atoms with Crippen LogP contribution < -0.4 is 5.32 Å². The van der Waals surface area contributed by atoms with Gasteiger partial charge in [0.25, 0.3) is 0 Å². The van der Waals surface area contributed by atoms with E-state index in [1.165, 1.54) is 5.69 Å². The van der Waals surface area contributed by atoms with Crippen molar-refractivity contribution in [2.75, 3.05) is 6.54 Å². The molecule has 1 heterocycles. The largest absolute Gasteiger partial charge is 0.331 e. The van der Waals surface area contributed by atoms with Gasteiger partial charge in [0.1, 0.15) is 0 Å². The summed E-state index contributed by atoms with van der Waals surface area (Å²) in [4.78, 5) is 4.21. The molecule has 0 spiro atoms. The van der Waals surface area contributed by atoms with Crippen molar-refractivity contribution >= 4 is 0 Å². The molecular weight excluding hydrogens is 210 g/mol. The van der Waals surface area contributed by atoms with Crippen molar-refractivity contribution < 1.29 is 0 Å². The molecular formula is C14H27N3. The minimum absolute atomic E-state index is 0.366. The third-order valence-electron chi connectivity index (χ3n) is 3.54. The Labute approximate surface area is 106 Å². The summed E-state index contributed by atoms with van der Waals surface area (Å²) in [5, 5.41) is 3.53. The molecule has 0 aromatic carbocycles. The molecule has 0 saturated carbocycles. The van der Waals surface area contributed by atoms with Crippen molar-refractivity contribution in [3.05, 3.63) is 18.2 Å². The van der Waals surface area contributed by atoms with E-state index >= 15 is 0 Å². The first kappa shape index (κ1) is 14.2. The second-order valence-corrected chi connectivity index (χ2v) is 6.28. The minimum atomic E-state index is 0.366. The van der Waals surface area contributed by atoms with Crippen molar-refractivity contribution in [3.8, 4) is 0 Å². The van der Waals surface area contributed by atoms with Crippen molar-refractivity contribution in [2.45, 2.75) is 54.1 Å². The van der Waals surface area contributed by atoms with Crippen molar-refractivity contribution in [3.63, 3.8) is 0 Å². The fourth-order valence-corrected chi connectivity index (χ4v) is 1.66. The predicted molar refractivity (Wildman–Crippen MR) is 72.9 cm³/mol. The highest BCUT2D eigenvalue weighted by Gasteiger charge is 2.19. The van der Waals surface area contributed by atoms with Gasteiger partial charge in [-0.3, -0.25) is 0 Å². The Kier molecular flexibility index (Phi) is 4.75. The van der Waals surface area contributed by atoms with Crippen LogP contribution in [0, 0.1) is 11.3 Å². The second-order valence-electron chi connectivity index (χ2n) is 6.28. The first-order valence-electron chi connectivity index (χ1n) is 6.53. The monoisotopic (exact) mass is 237 g/mol. The van der Waals surface area contributed by atoms with E-state index in [2.05, 4.69) is 56.4 Å². The third kappa shape index (κ3) is 4.15. The van der Waals surface area contributed by atoms with Gasteiger partial charge in [-0.05, 0) is 31.7 Å². The van der Waals surface area contributed by atoms with Crippen LogP contribution in [0.4, 0.5) is 0 Å². The molecule has 1 rings (SSSR count). The summed E-state index contributed by atoms with van der Waals surface area (Å²) in [6.45, 7) is 15.5. The Balaban J connectivity index is 2.44. The highest BCUT2D eigenvalue weighted by molar-refractivity contribution is 4.99. The Bertz CT molecular complexity index is 333. The maximum absolute atomic E-state index is 4.21. The van der Waals surface area contributed by atoms with Crippen molar-refractivity contribution in [1.29, 1.82) is 0 Å². The lowest BCUT2D eigenvalue weighted by Crippen LogP contribution is -2.30. The van der Waals surface area contributed by atoms with Gasteiger partial charge in [0.15, 0.2) is 0 Å². The fourth-order valence-electron chi connectivity index (χ4n) is 1.66. The van der Waals surface area contributed by atoms with Gasteiger partial charge in [-0.15, -0.1) is 0 Å². The van der Waals surface area contributed by atoms with E-state index < -0.39 is 0 Å². The number of rotatable bonds is 5. The topological polar surface area (TPSA) is 29.9 Å². The number of aromatic nitrogens is 2. The van der Waals surface area contributed by atoms with Gasteiger partial charge in [-0.25, -0.2) is 4.98 Å². The van der Waals surface area contributed by atoms with Gasteiger partial charge in [-0.1, -0.05) is 27.7 Å². The van der Waals surface area contributed by atoms with Crippen LogP contribution in [-0.2, 0) is 6.54 Å². The maximum Gasteiger partial charge on any atom is 0.0951 e. The summed E-state index contributed by atoms with van der Waals surface area (Å²) in [6, 6.07) is 0.481. The van der Waals surface area contributed by atoms with Gasteiger partial charge in [0, 0.05) is 18.8 Å². The van der Waals surface area contributed by atoms with Crippen LogP contribution in [0.1, 0.15) is 53.3 Å². The van der Waals surface area contributed by atoms with Gasteiger partial charge >= 0.3 is 0 Å². The summed E-state index contributed by atoms with van der Waals surface area (Å²) < 4.78 is 2.22. The lowest BCUT2D eigenvalue weighted by molar-refractivity contribution is 0.252. The highest BCUT2D eigenvalue weighted by Crippen LogP contribution is 2.24. The molecule has 0 saturated heterocycles. The Morgan fingerprint density at radius 3 is 2.47 bits per heavy atom. The second kappa shape index (κ2) is 5.67. The number of nitrogens with zero attached hydrogens (tertiary/aromatic N) is 2. The molecule has 1 unspecified atom stereocenters. The van der Waals surface area contributed by atoms with Crippen molar-refractivity contribution in [1.82, 2.24) is 14.9 Å². The molecule has 0 amide bonds. The third-order valence-corrected chi connectivity index (χ3v) is 3.54. The molecule has 0 aliphatic carbocycles. The van der Waals surface area contributed by atoms with Crippen LogP contribution in [0.5, 0.6) is 0 Å². The summed E-state index contributed by atoms with van der Waals surface area (Å²) >= 11 is 0. The van der Waals surface area contributed by atoms with Crippen LogP contribution in [0.3, 0.4) is 0 Å². The Morgan fingerprint density at radius 1 is 1.29 bits per heavy atom. The number of hydrogen-bond acceptors (Lipinski definition) is 2. The molecule has 0 fully saturated rings. The van der Waals surface area contributed by atoms with Crippen LogP contribution >= 0.6 is 0 Å². The van der Waals surface area contributed by atoms with E-state index in [9.17, 15) is 0 Å². The lowest BCUT2D eigenvalue weighted by Gasteiger charge is -2.27. The summed E-state index contributed by atoms with van der Waals surface area (Å²) in [7, 11) is 0. The molecule has 3 heteroatoms. The quantitative estimate of drug-likeness (QED) is 0.852. The molecule has 1 atom stereocenters. The molecule has 0 radical (unpaired) electrons.